The van der Waals surface area contributed by atoms with Crippen molar-refractivity contribution in [2.75, 3.05) is 54.4 Å². The molecule has 2 aromatic heterocycles. The molecule has 2 N–H and O–H groups in total. The second-order valence-corrected chi connectivity index (χ2v) is 18.4. The Morgan fingerprint density at radius 1 is 0.712 bits per heavy atom. The van der Waals surface area contributed by atoms with Crippen LogP contribution in [-0.2, 0) is 9.59 Å². The third-order valence-electron chi connectivity index (χ3n) is 13.4. The highest BCUT2D eigenvalue weighted by molar-refractivity contribution is 5.86. The number of rotatable bonds is 15. The topological polar surface area (TPSA) is 104 Å². The van der Waals surface area contributed by atoms with Crippen molar-refractivity contribution >= 4 is 11.7 Å². The molecule has 10 heteroatoms. The fourth-order valence-electron chi connectivity index (χ4n) is 9.99. The van der Waals surface area contributed by atoms with E-state index in [1.165, 1.54) is 0 Å². The fraction of sp³-hybridized carbons (Fsp3) is 0.321. The molecule has 9 rings (SSSR count). The van der Waals surface area contributed by atoms with Crippen LogP contribution in [0.4, 0.5) is 0 Å². The first-order chi connectivity index (χ1) is 32.2. The predicted octanol–water partition coefficient (Wildman–Crippen LogP) is 9.47. The van der Waals surface area contributed by atoms with Gasteiger partial charge in [0.2, 0.25) is 5.91 Å². The number of hydrogen-bond acceptors (Lipinski definition) is 7. The molecule has 0 spiro atoms. The van der Waals surface area contributed by atoms with E-state index in [-0.39, 0.29) is 41.7 Å². The number of aromatic nitrogens is 4. The van der Waals surface area contributed by atoms with Crippen molar-refractivity contribution in [1.29, 1.82) is 0 Å². The lowest BCUT2D eigenvalue weighted by molar-refractivity contribution is -0.136. The molecule has 0 saturated carbocycles. The Labute approximate surface area is 389 Å². The van der Waals surface area contributed by atoms with Crippen molar-refractivity contribution in [2.45, 2.75) is 50.2 Å². The lowest BCUT2D eigenvalue weighted by Crippen LogP contribution is -2.46. The molecule has 5 atom stereocenters. The number of likely N-dealkylation sites (N-methyl/N-ethyl adjacent to an activating group) is 1. The first kappa shape index (κ1) is 44.6. The smallest absolute Gasteiger partial charge is 0.244 e. The maximum atomic E-state index is 14.1. The Bertz CT molecular complexity index is 2720. The van der Waals surface area contributed by atoms with E-state index in [4.69, 9.17) is 9.97 Å². The van der Waals surface area contributed by atoms with E-state index in [1.807, 2.05) is 86.8 Å². The molecule has 4 aliphatic rings. The molecule has 0 radical (unpaired) electrons. The zero-order valence-corrected chi connectivity index (χ0v) is 38.5. The molecule has 336 valence electrons. The lowest BCUT2D eigenvalue weighted by Gasteiger charge is -2.32. The average Bonchev–Trinajstić information content (AvgIpc) is 4.14. The highest BCUT2D eigenvalue weighted by Gasteiger charge is 2.38. The van der Waals surface area contributed by atoms with E-state index in [1.54, 1.807) is 0 Å². The van der Waals surface area contributed by atoms with Gasteiger partial charge in [-0.3, -0.25) is 19.4 Å². The number of imidazole rings is 2. The number of H-pyrrole nitrogens is 2. The number of nitrogens with zero attached hydrogens (tertiary/aromatic N) is 6. The van der Waals surface area contributed by atoms with E-state index < -0.39 is 0 Å². The van der Waals surface area contributed by atoms with Crippen molar-refractivity contribution in [2.24, 2.45) is 11.8 Å². The van der Waals surface area contributed by atoms with Gasteiger partial charge in [-0.2, -0.15) is 0 Å². The standard InChI is InChI=1S/C56H60N8O2/c1-61(2)37-47(43-15-9-5-6-10-16-43)52(65)38-63-33-13-19-50(63)54-57-35-48(59-54)44-29-25-41(26-30-44)39-21-23-40(24-22-39)42-27-31-45(32-28-42)49-36-58-55(60-49)51-20-14-34-64(51)56(66)53(62(3)4)46-17-11-7-8-12-18-46/h5-9,11-12,15,17,21-32,35-36,43,47,50-51,53H,13-14,18-20,33-34,37-38H2,1-4H3,(H,57,59)(H,58,60). The maximum Gasteiger partial charge on any atom is 0.244 e. The molecule has 10 nitrogen and oxygen atoms in total. The van der Waals surface area contributed by atoms with Gasteiger partial charge < -0.3 is 19.8 Å². The average molecular weight is 877 g/mol. The van der Waals surface area contributed by atoms with Crippen LogP contribution in [0.3, 0.4) is 0 Å². The van der Waals surface area contributed by atoms with E-state index in [9.17, 15) is 9.59 Å². The number of benzene rings is 3. The zero-order valence-electron chi connectivity index (χ0n) is 38.5. The van der Waals surface area contributed by atoms with Gasteiger partial charge in [-0.1, -0.05) is 133 Å². The van der Waals surface area contributed by atoms with E-state index in [2.05, 4.69) is 123 Å². The van der Waals surface area contributed by atoms with Gasteiger partial charge in [0.15, 0.2) is 5.78 Å². The monoisotopic (exact) mass is 876 g/mol. The molecule has 5 unspecified atom stereocenters. The molecule has 66 heavy (non-hydrogen) atoms. The lowest BCUT2D eigenvalue weighted by atomic mass is 9.87. The third-order valence-corrected chi connectivity index (χ3v) is 13.4. The Morgan fingerprint density at radius 2 is 1.29 bits per heavy atom. The van der Waals surface area contributed by atoms with Crippen LogP contribution in [-0.4, -0.2) is 112 Å². The first-order valence-corrected chi connectivity index (χ1v) is 23.4. The second-order valence-electron chi connectivity index (χ2n) is 18.4. The number of likely N-dealkylation sites (tertiary alicyclic amines) is 2. The Kier molecular flexibility index (Phi) is 13.7. The van der Waals surface area contributed by atoms with Gasteiger partial charge in [-0.05, 0) is 112 Å². The van der Waals surface area contributed by atoms with Crippen LogP contribution in [0.15, 0.2) is 145 Å². The predicted molar refractivity (Wildman–Crippen MR) is 265 cm³/mol. The number of carbonyl (C=O) groups excluding carboxylic acids is 2. The van der Waals surface area contributed by atoms with Gasteiger partial charge in [0.05, 0.1) is 42.4 Å². The summed E-state index contributed by atoms with van der Waals surface area (Å²) in [6.07, 6.45) is 26.5. The largest absolute Gasteiger partial charge is 0.341 e. The Morgan fingerprint density at radius 3 is 1.89 bits per heavy atom. The number of aromatic amines is 2. The number of hydrogen-bond donors (Lipinski definition) is 2. The summed E-state index contributed by atoms with van der Waals surface area (Å²) in [6, 6.07) is 25.6. The summed E-state index contributed by atoms with van der Waals surface area (Å²) in [5.74, 6) is 8.20. The van der Waals surface area contributed by atoms with Crippen LogP contribution in [0.1, 0.15) is 55.8 Å². The Balaban J connectivity index is 0.817. The molecular formula is C56H60N8O2. The summed E-state index contributed by atoms with van der Waals surface area (Å²) in [5.41, 5.74) is 9.72. The number of ketones is 1. The van der Waals surface area contributed by atoms with Crippen LogP contribution in [0.25, 0.3) is 44.8 Å². The molecule has 3 aromatic carbocycles. The van der Waals surface area contributed by atoms with Crippen LogP contribution < -0.4 is 0 Å². The van der Waals surface area contributed by atoms with Gasteiger partial charge in [0, 0.05) is 24.9 Å². The van der Waals surface area contributed by atoms with Gasteiger partial charge in [-0.15, -0.1) is 0 Å². The maximum absolute atomic E-state index is 14.1. The third kappa shape index (κ3) is 9.94. The summed E-state index contributed by atoms with van der Waals surface area (Å²) in [6.45, 7) is 2.66. The van der Waals surface area contributed by atoms with Gasteiger partial charge in [0.25, 0.3) is 0 Å². The molecule has 1 amide bonds. The van der Waals surface area contributed by atoms with Crippen molar-refractivity contribution in [3.05, 3.63) is 157 Å². The highest BCUT2D eigenvalue weighted by atomic mass is 16.2. The first-order valence-electron chi connectivity index (χ1n) is 23.4. The minimum absolute atomic E-state index is 0.0748. The minimum atomic E-state index is -0.312. The summed E-state index contributed by atoms with van der Waals surface area (Å²) >= 11 is 0. The van der Waals surface area contributed by atoms with E-state index in [0.29, 0.717) is 13.1 Å². The zero-order chi connectivity index (χ0) is 45.6. The SMILES string of the molecule is CN(C)CC(C(=O)CN1CCCC1c1ncc(-c2ccc(-c3ccc(-c4ccc(-c5cnc(C6CCCN6C(=O)C(C6=CC=CC=CC6)N(C)C)[nH]5)cc4)cc3)cc2)[nH]1)C1C#CC=CC=C1. The molecule has 5 aromatic rings. The van der Waals surface area contributed by atoms with Crippen LogP contribution in [0.5, 0.6) is 0 Å². The molecule has 4 heterocycles. The van der Waals surface area contributed by atoms with Crippen molar-refractivity contribution < 1.29 is 9.59 Å². The number of Topliss-reactive ketones (excluding diaryl/α,β-unsaturated/α-hetero) is 1. The number of amides is 1. The summed E-state index contributed by atoms with van der Waals surface area (Å²) in [7, 11) is 8.00. The molecule has 2 aliphatic heterocycles. The Hall–Kier alpha value is -6.64. The van der Waals surface area contributed by atoms with Gasteiger partial charge in [-0.25, -0.2) is 9.97 Å². The highest BCUT2D eigenvalue weighted by Crippen LogP contribution is 2.36. The van der Waals surface area contributed by atoms with Gasteiger partial charge >= 0.3 is 0 Å². The van der Waals surface area contributed by atoms with Crippen LogP contribution in [0, 0.1) is 23.7 Å². The fourth-order valence-corrected chi connectivity index (χ4v) is 9.99. The quantitative estimate of drug-likeness (QED) is 0.101. The minimum Gasteiger partial charge on any atom is -0.341 e. The molecule has 2 aliphatic carbocycles. The van der Waals surface area contributed by atoms with Gasteiger partial charge in [0.1, 0.15) is 17.7 Å². The molecular weight excluding hydrogens is 817 g/mol. The summed E-state index contributed by atoms with van der Waals surface area (Å²) in [5, 5.41) is 0. The molecule has 2 fully saturated rings. The normalized spacial score (nSPS) is 20.3. The van der Waals surface area contributed by atoms with Crippen LogP contribution >= 0.6 is 0 Å². The van der Waals surface area contributed by atoms with Crippen molar-refractivity contribution in [1.82, 2.24) is 39.5 Å². The van der Waals surface area contributed by atoms with E-state index >= 15 is 0 Å². The molecule has 0 bridgehead atoms. The number of nitrogens with one attached hydrogen (secondary N) is 2. The molecule has 2 saturated heterocycles. The number of carbonyl (C=O) groups is 2. The van der Waals surface area contributed by atoms with E-state index in [0.717, 1.165) is 107 Å². The van der Waals surface area contributed by atoms with Crippen molar-refractivity contribution in [3.63, 3.8) is 0 Å². The van der Waals surface area contributed by atoms with Crippen LogP contribution in [0.2, 0.25) is 0 Å². The summed E-state index contributed by atoms with van der Waals surface area (Å²) in [4.78, 5) is 53.2. The second kappa shape index (κ2) is 20.3. The van der Waals surface area contributed by atoms with Crippen molar-refractivity contribution in [3.8, 4) is 56.6 Å². The summed E-state index contributed by atoms with van der Waals surface area (Å²) < 4.78 is 0. The number of allylic oxidation sites excluding steroid dienone is 9.